The summed E-state index contributed by atoms with van der Waals surface area (Å²) in [6.07, 6.45) is 2.80. The first kappa shape index (κ1) is 13.4. The molecular weight excluding hydrogens is 236 g/mol. The second-order valence-electron chi connectivity index (χ2n) is 4.42. The van der Waals surface area contributed by atoms with Gasteiger partial charge in [-0.2, -0.15) is 0 Å². The third kappa shape index (κ3) is 3.71. The van der Waals surface area contributed by atoms with Crippen LogP contribution in [0, 0.1) is 0 Å². The Bertz CT molecular complexity index is 499. The van der Waals surface area contributed by atoms with Gasteiger partial charge in [-0.3, -0.25) is 0 Å². The van der Waals surface area contributed by atoms with Gasteiger partial charge in [-0.05, 0) is 30.2 Å². The average molecular weight is 256 g/mol. The number of anilines is 1. The fourth-order valence-electron chi connectivity index (χ4n) is 1.92. The molecule has 3 nitrogen and oxygen atoms in total. The lowest BCUT2D eigenvalue weighted by atomic mass is 10.1. The zero-order valence-electron chi connectivity index (χ0n) is 11.5. The summed E-state index contributed by atoms with van der Waals surface area (Å²) in [6, 6.07) is 14.1. The van der Waals surface area contributed by atoms with Crippen molar-refractivity contribution in [1.82, 2.24) is 4.98 Å². The van der Waals surface area contributed by atoms with E-state index in [0.717, 1.165) is 24.5 Å². The monoisotopic (exact) mass is 256 g/mol. The minimum atomic E-state index is 0.657. The predicted octanol–water partition coefficient (Wildman–Crippen LogP) is 3.16. The number of rotatable bonds is 6. The molecule has 19 heavy (non-hydrogen) atoms. The van der Waals surface area contributed by atoms with Crippen molar-refractivity contribution in [3.8, 4) is 5.75 Å². The molecule has 0 amide bonds. The standard InChI is InChI=1S/C16H20N2O/c1-3-14-8-4-5-9-15(14)19-13-12-18(2)16-10-6-7-11-17-16/h4-11H,3,12-13H2,1-2H3. The molecule has 0 unspecified atom stereocenters. The van der Waals surface area contributed by atoms with E-state index < -0.39 is 0 Å². The molecule has 0 fully saturated rings. The molecule has 0 aliphatic heterocycles. The van der Waals surface area contributed by atoms with Crippen molar-refractivity contribution in [1.29, 1.82) is 0 Å². The zero-order chi connectivity index (χ0) is 13.5. The molecule has 1 aromatic carbocycles. The zero-order valence-corrected chi connectivity index (χ0v) is 11.5. The van der Waals surface area contributed by atoms with Crippen molar-refractivity contribution in [2.75, 3.05) is 25.1 Å². The third-order valence-electron chi connectivity index (χ3n) is 3.08. The van der Waals surface area contributed by atoms with E-state index in [1.54, 1.807) is 6.20 Å². The van der Waals surface area contributed by atoms with Crippen LogP contribution in [0.25, 0.3) is 0 Å². The molecule has 0 bridgehead atoms. The number of hydrogen-bond acceptors (Lipinski definition) is 3. The lowest BCUT2D eigenvalue weighted by Crippen LogP contribution is -2.24. The van der Waals surface area contributed by atoms with E-state index >= 15 is 0 Å². The van der Waals surface area contributed by atoms with Crippen molar-refractivity contribution in [3.63, 3.8) is 0 Å². The highest BCUT2D eigenvalue weighted by Crippen LogP contribution is 2.18. The molecule has 100 valence electrons. The second kappa shape index (κ2) is 6.78. The molecule has 0 N–H and O–H groups in total. The van der Waals surface area contributed by atoms with Gasteiger partial charge in [-0.1, -0.05) is 31.2 Å². The van der Waals surface area contributed by atoms with Crippen molar-refractivity contribution in [3.05, 3.63) is 54.2 Å². The second-order valence-corrected chi connectivity index (χ2v) is 4.42. The van der Waals surface area contributed by atoms with Crippen molar-refractivity contribution < 1.29 is 4.74 Å². The Hall–Kier alpha value is -2.03. The number of aromatic nitrogens is 1. The normalized spacial score (nSPS) is 10.2. The van der Waals surface area contributed by atoms with Gasteiger partial charge in [-0.25, -0.2) is 4.98 Å². The van der Waals surface area contributed by atoms with Crippen molar-refractivity contribution in [2.24, 2.45) is 0 Å². The quantitative estimate of drug-likeness (QED) is 0.794. The highest BCUT2D eigenvalue weighted by Gasteiger charge is 2.03. The lowest BCUT2D eigenvalue weighted by Gasteiger charge is -2.18. The Morgan fingerprint density at radius 1 is 1.11 bits per heavy atom. The van der Waals surface area contributed by atoms with Crippen LogP contribution >= 0.6 is 0 Å². The van der Waals surface area contributed by atoms with Crippen LogP contribution in [0.4, 0.5) is 5.82 Å². The molecule has 1 heterocycles. The summed E-state index contributed by atoms with van der Waals surface area (Å²) in [6.45, 7) is 3.61. The van der Waals surface area contributed by atoms with Crippen LogP contribution in [0.5, 0.6) is 5.75 Å². The Kier molecular flexibility index (Phi) is 4.78. The summed E-state index contributed by atoms with van der Waals surface area (Å²) >= 11 is 0. The molecule has 0 radical (unpaired) electrons. The van der Waals surface area contributed by atoms with Gasteiger partial charge in [0.25, 0.3) is 0 Å². The molecule has 1 aromatic heterocycles. The van der Waals surface area contributed by atoms with Gasteiger partial charge >= 0.3 is 0 Å². The first-order valence-electron chi connectivity index (χ1n) is 6.64. The van der Waals surface area contributed by atoms with E-state index in [9.17, 15) is 0 Å². The molecule has 0 aliphatic carbocycles. The summed E-state index contributed by atoms with van der Waals surface area (Å²) in [4.78, 5) is 6.40. The van der Waals surface area contributed by atoms with Crippen LogP contribution in [0.2, 0.25) is 0 Å². The summed E-state index contributed by atoms with van der Waals surface area (Å²) in [5.41, 5.74) is 1.25. The fourth-order valence-corrected chi connectivity index (χ4v) is 1.92. The Morgan fingerprint density at radius 3 is 2.63 bits per heavy atom. The van der Waals surface area contributed by atoms with E-state index in [1.165, 1.54) is 5.56 Å². The number of nitrogens with zero attached hydrogens (tertiary/aromatic N) is 2. The van der Waals surface area contributed by atoms with Gasteiger partial charge in [0.1, 0.15) is 18.2 Å². The molecule has 0 saturated carbocycles. The fraction of sp³-hybridized carbons (Fsp3) is 0.312. The van der Waals surface area contributed by atoms with Gasteiger partial charge in [0.05, 0.1) is 6.54 Å². The first-order valence-corrected chi connectivity index (χ1v) is 6.64. The number of benzene rings is 1. The number of hydrogen-bond donors (Lipinski definition) is 0. The minimum Gasteiger partial charge on any atom is -0.491 e. The van der Waals surface area contributed by atoms with Crippen LogP contribution in [0.3, 0.4) is 0 Å². The molecule has 0 spiro atoms. The maximum absolute atomic E-state index is 5.85. The van der Waals surface area contributed by atoms with Crippen LogP contribution < -0.4 is 9.64 Å². The first-order chi connectivity index (χ1) is 9.31. The maximum Gasteiger partial charge on any atom is 0.128 e. The highest BCUT2D eigenvalue weighted by atomic mass is 16.5. The van der Waals surface area contributed by atoms with Gasteiger partial charge in [0.2, 0.25) is 0 Å². The molecule has 0 aliphatic rings. The van der Waals surface area contributed by atoms with Crippen LogP contribution in [-0.4, -0.2) is 25.2 Å². The highest BCUT2D eigenvalue weighted by molar-refractivity contribution is 5.36. The predicted molar refractivity (Wildman–Crippen MR) is 78.8 cm³/mol. The summed E-state index contributed by atoms with van der Waals surface area (Å²) in [7, 11) is 2.03. The molecule has 2 rings (SSSR count). The van der Waals surface area contributed by atoms with E-state index in [2.05, 4.69) is 22.9 Å². The average Bonchev–Trinajstić information content (AvgIpc) is 2.48. The minimum absolute atomic E-state index is 0.657. The van der Waals surface area contributed by atoms with Gasteiger partial charge in [0, 0.05) is 13.2 Å². The van der Waals surface area contributed by atoms with E-state index in [0.29, 0.717) is 6.61 Å². The Labute approximate surface area is 114 Å². The number of pyridine rings is 1. The number of para-hydroxylation sites is 1. The van der Waals surface area contributed by atoms with Crippen molar-refractivity contribution in [2.45, 2.75) is 13.3 Å². The number of aryl methyl sites for hydroxylation is 1. The Morgan fingerprint density at radius 2 is 1.89 bits per heavy atom. The lowest BCUT2D eigenvalue weighted by molar-refractivity contribution is 0.322. The largest absolute Gasteiger partial charge is 0.491 e. The van der Waals surface area contributed by atoms with Gasteiger partial charge in [-0.15, -0.1) is 0 Å². The van der Waals surface area contributed by atoms with Gasteiger partial charge in [0.15, 0.2) is 0 Å². The van der Waals surface area contributed by atoms with Gasteiger partial charge < -0.3 is 9.64 Å². The Balaban J connectivity index is 1.87. The summed E-state index contributed by atoms with van der Waals surface area (Å²) in [5, 5.41) is 0. The summed E-state index contributed by atoms with van der Waals surface area (Å²) in [5.74, 6) is 1.95. The topological polar surface area (TPSA) is 25.4 Å². The van der Waals surface area contributed by atoms with E-state index in [-0.39, 0.29) is 0 Å². The molecular formula is C16H20N2O. The summed E-state index contributed by atoms with van der Waals surface area (Å²) < 4.78 is 5.85. The van der Waals surface area contributed by atoms with E-state index in [1.807, 2.05) is 43.4 Å². The van der Waals surface area contributed by atoms with Crippen molar-refractivity contribution >= 4 is 5.82 Å². The third-order valence-corrected chi connectivity index (χ3v) is 3.08. The van der Waals surface area contributed by atoms with Crippen LogP contribution in [0.15, 0.2) is 48.7 Å². The molecule has 0 saturated heterocycles. The molecule has 2 aromatic rings. The van der Waals surface area contributed by atoms with E-state index in [4.69, 9.17) is 4.74 Å². The maximum atomic E-state index is 5.85. The number of likely N-dealkylation sites (N-methyl/N-ethyl adjacent to an activating group) is 1. The van der Waals surface area contributed by atoms with Crippen LogP contribution in [-0.2, 0) is 6.42 Å². The number of ether oxygens (including phenoxy) is 1. The molecule has 0 atom stereocenters. The smallest absolute Gasteiger partial charge is 0.128 e. The van der Waals surface area contributed by atoms with Crippen LogP contribution in [0.1, 0.15) is 12.5 Å². The SMILES string of the molecule is CCc1ccccc1OCCN(C)c1ccccn1. The molecule has 3 heteroatoms.